The zero-order chi connectivity index (χ0) is 23.9. The predicted octanol–water partition coefficient (Wildman–Crippen LogP) is 4.61. The highest BCUT2D eigenvalue weighted by atomic mass is 32.1. The van der Waals surface area contributed by atoms with E-state index in [1.807, 2.05) is 31.2 Å². The van der Waals surface area contributed by atoms with Gasteiger partial charge in [-0.1, -0.05) is 11.3 Å². The molecule has 3 aromatic rings. The van der Waals surface area contributed by atoms with E-state index in [2.05, 4.69) is 20.8 Å². The molecule has 9 nitrogen and oxygen atoms in total. The van der Waals surface area contributed by atoms with Gasteiger partial charge in [0, 0.05) is 30.4 Å². The van der Waals surface area contributed by atoms with Crippen LogP contribution in [0.2, 0.25) is 0 Å². The van der Waals surface area contributed by atoms with Crippen molar-refractivity contribution in [2.45, 2.75) is 25.7 Å². The van der Waals surface area contributed by atoms with Crippen molar-refractivity contribution in [2.75, 3.05) is 37.4 Å². The molecule has 2 heterocycles. The third-order valence-electron chi connectivity index (χ3n) is 5.46. The van der Waals surface area contributed by atoms with E-state index < -0.39 is 0 Å². The molecule has 2 N–H and O–H groups in total. The minimum Gasteiger partial charge on any atom is -0.497 e. The number of piperidine rings is 1. The molecule has 0 radical (unpaired) electrons. The lowest BCUT2D eigenvalue weighted by Crippen LogP contribution is -2.41. The van der Waals surface area contributed by atoms with Crippen LogP contribution in [-0.4, -0.2) is 53.8 Å². The van der Waals surface area contributed by atoms with Gasteiger partial charge in [0.15, 0.2) is 0 Å². The number of hydrogen-bond donors (Lipinski definition) is 2. The topological polar surface area (TPSA) is 106 Å². The number of benzene rings is 2. The number of methoxy groups -OCH3 is 1. The molecule has 34 heavy (non-hydrogen) atoms. The molecular weight excluding hydrogens is 454 g/mol. The van der Waals surface area contributed by atoms with Crippen LogP contribution in [0.1, 0.15) is 40.5 Å². The van der Waals surface area contributed by atoms with Crippen LogP contribution in [0.3, 0.4) is 0 Å². The van der Waals surface area contributed by atoms with Gasteiger partial charge in [0.1, 0.15) is 16.5 Å². The number of nitrogens with zero attached hydrogens (tertiary/aromatic N) is 3. The summed E-state index contributed by atoms with van der Waals surface area (Å²) in [5.74, 6) is 1.21. The summed E-state index contributed by atoms with van der Waals surface area (Å²) in [6.07, 6.45) is 1.75. The second-order valence-corrected chi connectivity index (χ2v) is 8.81. The molecule has 3 amide bonds. The van der Waals surface area contributed by atoms with Gasteiger partial charge in [0.25, 0.3) is 5.91 Å². The normalized spacial score (nSPS) is 15.5. The van der Waals surface area contributed by atoms with Gasteiger partial charge in [-0.05, 0) is 68.3 Å². The Kier molecular flexibility index (Phi) is 7.58. The first-order valence-corrected chi connectivity index (χ1v) is 11.9. The lowest BCUT2D eigenvalue weighted by atomic mass is 9.99. The number of anilines is 2. The van der Waals surface area contributed by atoms with Gasteiger partial charge in [-0.3, -0.25) is 4.79 Å². The maximum atomic E-state index is 12.8. The summed E-state index contributed by atoms with van der Waals surface area (Å²) in [5, 5.41) is 15.1. The maximum absolute atomic E-state index is 12.8. The number of likely N-dealkylation sites (tertiary alicyclic amines) is 1. The molecule has 0 spiro atoms. The Morgan fingerprint density at radius 2 is 1.71 bits per heavy atom. The van der Waals surface area contributed by atoms with Crippen LogP contribution in [0.4, 0.5) is 16.2 Å². The molecule has 0 aliphatic carbocycles. The average Bonchev–Trinajstić information content (AvgIpc) is 3.37. The minimum absolute atomic E-state index is 0.0415. The maximum Gasteiger partial charge on any atom is 0.321 e. The van der Waals surface area contributed by atoms with Crippen LogP contribution in [0.25, 0.3) is 0 Å². The van der Waals surface area contributed by atoms with Crippen molar-refractivity contribution in [3.63, 3.8) is 0 Å². The van der Waals surface area contributed by atoms with E-state index in [4.69, 9.17) is 9.47 Å². The van der Waals surface area contributed by atoms with E-state index in [9.17, 15) is 9.59 Å². The van der Waals surface area contributed by atoms with E-state index in [1.165, 1.54) is 11.3 Å². The van der Waals surface area contributed by atoms with E-state index in [-0.39, 0.29) is 17.9 Å². The monoisotopic (exact) mass is 481 g/mol. The van der Waals surface area contributed by atoms with Crippen LogP contribution in [0.15, 0.2) is 48.5 Å². The summed E-state index contributed by atoms with van der Waals surface area (Å²) < 4.78 is 10.6. The molecule has 1 atom stereocenters. The van der Waals surface area contributed by atoms with E-state index in [1.54, 1.807) is 36.3 Å². The SMILES string of the molecule is CCOc1ccc(NC(=O)N2CCCC(c3nnc(C(=O)Nc4ccc(OC)cc4)s3)C2)cc1. The quantitative estimate of drug-likeness (QED) is 0.511. The summed E-state index contributed by atoms with van der Waals surface area (Å²) >= 11 is 1.27. The van der Waals surface area contributed by atoms with Gasteiger partial charge in [0.05, 0.1) is 13.7 Å². The highest BCUT2D eigenvalue weighted by molar-refractivity contribution is 7.13. The van der Waals surface area contributed by atoms with Crippen molar-refractivity contribution in [2.24, 2.45) is 0 Å². The van der Waals surface area contributed by atoms with Gasteiger partial charge in [-0.2, -0.15) is 0 Å². The molecule has 1 unspecified atom stereocenters. The van der Waals surface area contributed by atoms with Crippen molar-refractivity contribution in [1.82, 2.24) is 15.1 Å². The van der Waals surface area contributed by atoms with Crippen LogP contribution in [-0.2, 0) is 0 Å². The van der Waals surface area contributed by atoms with Crippen molar-refractivity contribution in [3.05, 3.63) is 58.5 Å². The molecule has 1 fully saturated rings. The number of aromatic nitrogens is 2. The van der Waals surface area contributed by atoms with Gasteiger partial charge >= 0.3 is 6.03 Å². The van der Waals surface area contributed by atoms with Crippen LogP contribution >= 0.6 is 11.3 Å². The molecular formula is C24H27N5O4S. The molecule has 1 saturated heterocycles. The molecule has 0 bridgehead atoms. The van der Waals surface area contributed by atoms with Gasteiger partial charge in [-0.15, -0.1) is 10.2 Å². The van der Waals surface area contributed by atoms with Crippen molar-refractivity contribution < 1.29 is 19.1 Å². The van der Waals surface area contributed by atoms with Crippen LogP contribution in [0, 0.1) is 0 Å². The summed E-state index contributed by atoms with van der Waals surface area (Å²) in [7, 11) is 1.59. The molecule has 2 aromatic carbocycles. The number of urea groups is 1. The largest absolute Gasteiger partial charge is 0.497 e. The predicted molar refractivity (Wildman–Crippen MR) is 131 cm³/mol. The summed E-state index contributed by atoms with van der Waals surface area (Å²) in [6, 6.07) is 14.2. The molecule has 0 saturated carbocycles. The molecule has 1 aliphatic heterocycles. The first-order valence-electron chi connectivity index (χ1n) is 11.1. The van der Waals surface area contributed by atoms with Crippen molar-refractivity contribution in [1.29, 1.82) is 0 Å². The number of ether oxygens (including phenoxy) is 2. The standard InChI is InChI=1S/C24H27N5O4S/c1-3-33-20-12-8-18(9-13-20)26-24(31)29-14-4-5-16(15-29)22-27-28-23(34-22)21(30)25-17-6-10-19(32-2)11-7-17/h6-13,16H,3-5,14-15H2,1-2H3,(H,25,30)(H,26,31). The second-order valence-electron chi connectivity index (χ2n) is 7.80. The van der Waals surface area contributed by atoms with Crippen molar-refractivity contribution >= 4 is 34.6 Å². The number of rotatable bonds is 7. The lowest BCUT2D eigenvalue weighted by Gasteiger charge is -2.31. The average molecular weight is 482 g/mol. The van der Waals surface area contributed by atoms with Crippen LogP contribution in [0.5, 0.6) is 11.5 Å². The zero-order valence-electron chi connectivity index (χ0n) is 19.1. The fraction of sp³-hybridized carbons (Fsp3) is 0.333. The van der Waals surface area contributed by atoms with E-state index in [0.29, 0.717) is 41.8 Å². The number of carbonyl (C=O) groups excluding carboxylic acids is 2. The van der Waals surface area contributed by atoms with E-state index >= 15 is 0 Å². The second kappa shape index (κ2) is 11.0. The Labute approximate surface area is 202 Å². The Hall–Kier alpha value is -3.66. The highest BCUT2D eigenvalue weighted by Gasteiger charge is 2.28. The summed E-state index contributed by atoms with van der Waals surface area (Å²) in [5.41, 5.74) is 1.36. The summed E-state index contributed by atoms with van der Waals surface area (Å²) in [4.78, 5) is 27.2. The first kappa shape index (κ1) is 23.5. The molecule has 1 aromatic heterocycles. The first-order chi connectivity index (χ1) is 16.6. The van der Waals surface area contributed by atoms with Crippen molar-refractivity contribution in [3.8, 4) is 11.5 Å². The molecule has 4 rings (SSSR count). The molecule has 1 aliphatic rings. The van der Waals surface area contributed by atoms with Crippen LogP contribution < -0.4 is 20.1 Å². The van der Waals surface area contributed by atoms with E-state index in [0.717, 1.165) is 23.6 Å². The summed E-state index contributed by atoms with van der Waals surface area (Å²) in [6.45, 7) is 3.72. The Balaban J connectivity index is 1.34. The Bertz CT molecular complexity index is 1120. The third-order valence-corrected chi connectivity index (χ3v) is 6.54. The lowest BCUT2D eigenvalue weighted by molar-refractivity contribution is 0.102. The van der Waals surface area contributed by atoms with Gasteiger partial charge in [0.2, 0.25) is 5.01 Å². The molecule has 178 valence electrons. The van der Waals surface area contributed by atoms with Gasteiger partial charge < -0.3 is 25.0 Å². The molecule has 10 heteroatoms. The number of amides is 3. The number of hydrogen-bond acceptors (Lipinski definition) is 7. The fourth-order valence-electron chi connectivity index (χ4n) is 3.72. The fourth-order valence-corrected chi connectivity index (χ4v) is 4.58. The smallest absolute Gasteiger partial charge is 0.321 e. The zero-order valence-corrected chi connectivity index (χ0v) is 19.9. The number of nitrogens with one attached hydrogen (secondary N) is 2. The van der Waals surface area contributed by atoms with Gasteiger partial charge in [-0.25, -0.2) is 4.79 Å². The Morgan fingerprint density at radius 1 is 1.03 bits per heavy atom. The third kappa shape index (κ3) is 5.82. The minimum atomic E-state index is -0.310. The number of carbonyl (C=O) groups is 2. The highest BCUT2D eigenvalue weighted by Crippen LogP contribution is 2.30. The Morgan fingerprint density at radius 3 is 2.38 bits per heavy atom.